The van der Waals surface area contributed by atoms with E-state index >= 15 is 0 Å². The fraction of sp³-hybridized carbons (Fsp3) is 0.500. The molecular formula is C16H20ClFN2O3. The highest BCUT2D eigenvalue weighted by atomic mass is 35.5. The molecule has 0 aliphatic heterocycles. The molecule has 5 nitrogen and oxygen atoms in total. The number of carbonyl (C=O) groups is 2. The summed E-state index contributed by atoms with van der Waals surface area (Å²) in [5.74, 6) is -1.54. The number of carboxylic acid groups (broad SMARTS) is 1. The van der Waals surface area contributed by atoms with Crippen molar-refractivity contribution in [2.75, 3.05) is 7.05 Å². The van der Waals surface area contributed by atoms with Crippen molar-refractivity contribution in [1.82, 2.24) is 10.2 Å². The molecule has 1 aliphatic rings. The number of aliphatic carboxylic acids is 1. The van der Waals surface area contributed by atoms with Gasteiger partial charge in [0.15, 0.2) is 0 Å². The zero-order valence-corrected chi connectivity index (χ0v) is 13.6. The monoisotopic (exact) mass is 342 g/mol. The summed E-state index contributed by atoms with van der Waals surface area (Å²) < 4.78 is 13.8. The summed E-state index contributed by atoms with van der Waals surface area (Å²) in [4.78, 5) is 24.5. The molecule has 0 unspecified atom stereocenters. The Morgan fingerprint density at radius 1 is 1.35 bits per heavy atom. The van der Waals surface area contributed by atoms with Crippen LogP contribution in [0.5, 0.6) is 0 Å². The van der Waals surface area contributed by atoms with Crippen molar-refractivity contribution in [1.29, 1.82) is 0 Å². The van der Waals surface area contributed by atoms with E-state index < -0.39 is 11.8 Å². The predicted octanol–water partition coefficient (Wildman–Crippen LogP) is 3.26. The maximum absolute atomic E-state index is 13.8. The van der Waals surface area contributed by atoms with Crippen LogP contribution in [-0.4, -0.2) is 35.1 Å². The lowest BCUT2D eigenvalue weighted by molar-refractivity contribution is -0.142. The molecule has 0 bridgehead atoms. The minimum absolute atomic E-state index is 0.0448. The van der Waals surface area contributed by atoms with Crippen molar-refractivity contribution < 1.29 is 19.1 Å². The number of amides is 2. The Kier molecular flexibility index (Phi) is 5.82. The Bertz CT molecular complexity index is 568. The molecule has 2 amide bonds. The van der Waals surface area contributed by atoms with Crippen molar-refractivity contribution in [2.24, 2.45) is 5.92 Å². The number of nitrogens with zero attached hydrogens (tertiary/aromatic N) is 1. The van der Waals surface area contributed by atoms with Crippen LogP contribution >= 0.6 is 11.6 Å². The summed E-state index contributed by atoms with van der Waals surface area (Å²) >= 11 is 5.96. The third-order valence-electron chi connectivity index (χ3n) is 4.21. The van der Waals surface area contributed by atoms with Crippen LogP contribution in [0.1, 0.15) is 31.2 Å². The first kappa shape index (κ1) is 17.5. The summed E-state index contributed by atoms with van der Waals surface area (Å²) in [6, 6.07) is 4.04. The smallest absolute Gasteiger partial charge is 0.317 e. The van der Waals surface area contributed by atoms with Gasteiger partial charge in [-0.3, -0.25) is 4.79 Å². The average molecular weight is 343 g/mol. The Balaban J connectivity index is 1.87. The van der Waals surface area contributed by atoms with Crippen LogP contribution in [0.25, 0.3) is 0 Å². The highest BCUT2D eigenvalue weighted by Crippen LogP contribution is 2.25. The molecule has 7 heteroatoms. The van der Waals surface area contributed by atoms with Gasteiger partial charge in [0.2, 0.25) is 0 Å². The Morgan fingerprint density at radius 2 is 2.00 bits per heavy atom. The van der Waals surface area contributed by atoms with Crippen molar-refractivity contribution in [3.63, 3.8) is 0 Å². The minimum atomic E-state index is -0.777. The van der Waals surface area contributed by atoms with Gasteiger partial charge in [0.05, 0.1) is 12.5 Å². The SMILES string of the molecule is CN(Cc1c(F)cccc1Cl)C(=O)NC1CCC(C(=O)O)CC1. The first-order valence-electron chi connectivity index (χ1n) is 7.55. The molecule has 0 spiro atoms. The predicted molar refractivity (Wildman–Crippen MR) is 84.8 cm³/mol. The Labute approximate surface area is 139 Å². The van der Waals surface area contributed by atoms with Crippen LogP contribution in [0.3, 0.4) is 0 Å². The molecule has 0 atom stereocenters. The summed E-state index contributed by atoms with van der Waals surface area (Å²) in [6.07, 6.45) is 2.39. The van der Waals surface area contributed by atoms with Gasteiger partial charge in [0, 0.05) is 23.7 Å². The molecule has 1 fully saturated rings. The number of urea groups is 1. The molecule has 126 valence electrons. The molecule has 0 heterocycles. The lowest BCUT2D eigenvalue weighted by atomic mass is 9.86. The van der Waals surface area contributed by atoms with Gasteiger partial charge in [-0.25, -0.2) is 9.18 Å². The van der Waals surface area contributed by atoms with E-state index in [-0.39, 0.29) is 35.1 Å². The van der Waals surface area contributed by atoms with E-state index in [9.17, 15) is 14.0 Å². The van der Waals surface area contributed by atoms with Crippen LogP contribution < -0.4 is 5.32 Å². The van der Waals surface area contributed by atoms with Gasteiger partial charge in [-0.05, 0) is 37.8 Å². The number of nitrogens with one attached hydrogen (secondary N) is 1. The van der Waals surface area contributed by atoms with Gasteiger partial charge in [-0.15, -0.1) is 0 Å². The molecule has 23 heavy (non-hydrogen) atoms. The maximum atomic E-state index is 13.8. The topological polar surface area (TPSA) is 69.6 Å². The van der Waals surface area contributed by atoms with E-state index in [1.807, 2.05) is 0 Å². The van der Waals surface area contributed by atoms with E-state index in [0.29, 0.717) is 25.7 Å². The van der Waals surface area contributed by atoms with E-state index in [1.165, 1.54) is 17.0 Å². The molecule has 1 aliphatic carbocycles. The average Bonchev–Trinajstić information content (AvgIpc) is 2.51. The lowest BCUT2D eigenvalue weighted by Gasteiger charge is -2.29. The third kappa shape index (κ3) is 4.58. The van der Waals surface area contributed by atoms with Crippen molar-refractivity contribution in [2.45, 2.75) is 38.3 Å². The first-order valence-corrected chi connectivity index (χ1v) is 7.93. The number of hydrogen-bond donors (Lipinski definition) is 2. The zero-order chi connectivity index (χ0) is 17.0. The van der Waals surface area contributed by atoms with Gasteiger partial charge < -0.3 is 15.3 Å². The van der Waals surface area contributed by atoms with Crippen molar-refractivity contribution >= 4 is 23.6 Å². The molecule has 0 saturated heterocycles. The van der Waals surface area contributed by atoms with Gasteiger partial charge in [0.25, 0.3) is 0 Å². The van der Waals surface area contributed by atoms with Gasteiger partial charge in [-0.2, -0.15) is 0 Å². The Morgan fingerprint density at radius 3 is 2.57 bits per heavy atom. The molecule has 0 radical (unpaired) electrons. The van der Waals surface area contributed by atoms with Gasteiger partial charge >= 0.3 is 12.0 Å². The normalized spacial score (nSPS) is 20.8. The van der Waals surface area contributed by atoms with Crippen LogP contribution in [0, 0.1) is 11.7 Å². The first-order chi connectivity index (χ1) is 10.9. The fourth-order valence-corrected chi connectivity index (χ4v) is 2.98. The fourth-order valence-electron chi connectivity index (χ4n) is 2.76. The van der Waals surface area contributed by atoms with E-state index in [1.54, 1.807) is 13.1 Å². The largest absolute Gasteiger partial charge is 0.481 e. The Hall–Kier alpha value is -1.82. The zero-order valence-electron chi connectivity index (χ0n) is 12.9. The second kappa shape index (κ2) is 7.64. The summed E-state index contributed by atoms with van der Waals surface area (Å²) in [5.41, 5.74) is 0.279. The van der Waals surface area contributed by atoms with E-state index in [0.717, 1.165) is 0 Å². The number of rotatable bonds is 4. The maximum Gasteiger partial charge on any atom is 0.317 e. The number of carbonyl (C=O) groups excluding carboxylic acids is 1. The van der Waals surface area contributed by atoms with E-state index in [4.69, 9.17) is 16.7 Å². The number of halogens is 2. The van der Waals surface area contributed by atoms with Gasteiger partial charge in [-0.1, -0.05) is 17.7 Å². The highest BCUT2D eigenvalue weighted by Gasteiger charge is 2.27. The highest BCUT2D eigenvalue weighted by molar-refractivity contribution is 6.31. The van der Waals surface area contributed by atoms with Crippen LogP contribution in [-0.2, 0) is 11.3 Å². The van der Waals surface area contributed by atoms with Crippen molar-refractivity contribution in [3.8, 4) is 0 Å². The standard InChI is InChI=1S/C16H20ClFN2O3/c1-20(9-12-13(17)3-2-4-14(12)18)16(23)19-11-7-5-10(6-8-11)15(21)22/h2-4,10-11H,5-9H2,1H3,(H,19,23)(H,21,22). The molecular weight excluding hydrogens is 323 g/mol. The molecule has 1 aromatic carbocycles. The number of benzene rings is 1. The molecule has 2 N–H and O–H groups in total. The van der Waals surface area contributed by atoms with Crippen LogP contribution in [0.4, 0.5) is 9.18 Å². The van der Waals surface area contributed by atoms with Crippen molar-refractivity contribution in [3.05, 3.63) is 34.6 Å². The summed E-state index contributed by atoms with van der Waals surface area (Å²) in [7, 11) is 1.57. The number of carboxylic acids is 1. The second-order valence-electron chi connectivity index (χ2n) is 5.89. The third-order valence-corrected chi connectivity index (χ3v) is 4.56. The second-order valence-corrected chi connectivity index (χ2v) is 6.30. The van der Waals surface area contributed by atoms with Crippen LogP contribution in [0.15, 0.2) is 18.2 Å². The lowest BCUT2D eigenvalue weighted by Crippen LogP contribution is -2.44. The molecule has 2 rings (SSSR count). The van der Waals surface area contributed by atoms with E-state index in [2.05, 4.69) is 5.32 Å². The molecule has 1 saturated carbocycles. The summed E-state index contributed by atoms with van der Waals surface area (Å²) in [5, 5.41) is 12.1. The van der Waals surface area contributed by atoms with Gasteiger partial charge in [0.1, 0.15) is 5.82 Å². The molecule has 1 aromatic rings. The molecule has 0 aromatic heterocycles. The number of hydrogen-bond acceptors (Lipinski definition) is 2. The summed E-state index contributed by atoms with van der Waals surface area (Å²) in [6.45, 7) is 0.0712. The van der Waals surface area contributed by atoms with Crippen LogP contribution in [0.2, 0.25) is 5.02 Å². The quantitative estimate of drug-likeness (QED) is 0.882. The minimum Gasteiger partial charge on any atom is -0.481 e.